The van der Waals surface area contributed by atoms with Crippen molar-refractivity contribution < 1.29 is 5.11 Å². The minimum atomic E-state index is -0.398. The molecular formula is C14H20BrNO. The van der Waals surface area contributed by atoms with Crippen molar-refractivity contribution in [2.45, 2.75) is 44.2 Å². The highest BCUT2D eigenvalue weighted by Crippen LogP contribution is 2.19. The van der Waals surface area contributed by atoms with Gasteiger partial charge in [0, 0.05) is 17.1 Å². The topological polar surface area (TPSA) is 32.3 Å². The Morgan fingerprint density at radius 1 is 1.18 bits per heavy atom. The molecule has 2 nitrogen and oxygen atoms in total. The molecule has 0 bridgehead atoms. The predicted molar refractivity (Wildman–Crippen MR) is 74.0 cm³/mol. The lowest BCUT2D eigenvalue weighted by atomic mass is 9.95. The SMILES string of the molecule is OC(CNC1CCCCC1)c1ccc(Br)cc1. The lowest BCUT2D eigenvalue weighted by Crippen LogP contribution is -2.34. The standard InChI is InChI=1S/C14H20BrNO/c15-12-8-6-11(7-9-12)14(17)10-16-13-4-2-1-3-5-13/h6-9,13-14,16-17H,1-5,10H2. The summed E-state index contributed by atoms with van der Waals surface area (Å²) in [6, 6.07) is 8.49. The van der Waals surface area contributed by atoms with Crippen LogP contribution in [0.25, 0.3) is 0 Å². The van der Waals surface area contributed by atoms with Crippen LogP contribution in [-0.4, -0.2) is 17.7 Å². The molecule has 0 spiro atoms. The normalized spacial score (nSPS) is 19.2. The molecule has 1 saturated carbocycles. The highest BCUT2D eigenvalue weighted by Gasteiger charge is 2.14. The van der Waals surface area contributed by atoms with E-state index in [-0.39, 0.29) is 0 Å². The first-order valence-electron chi connectivity index (χ1n) is 6.42. The van der Waals surface area contributed by atoms with Gasteiger partial charge in [0.1, 0.15) is 0 Å². The van der Waals surface area contributed by atoms with Gasteiger partial charge in [-0.3, -0.25) is 0 Å². The van der Waals surface area contributed by atoms with Gasteiger partial charge in [-0.1, -0.05) is 47.3 Å². The lowest BCUT2D eigenvalue weighted by molar-refractivity contribution is 0.165. The number of aliphatic hydroxyl groups excluding tert-OH is 1. The number of hydrogen-bond acceptors (Lipinski definition) is 2. The molecule has 17 heavy (non-hydrogen) atoms. The number of rotatable bonds is 4. The van der Waals surface area contributed by atoms with Gasteiger partial charge in [-0.25, -0.2) is 0 Å². The predicted octanol–water partition coefficient (Wildman–Crippen LogP) is 3.40. The number of benzene rings is 1. The highest BCUT2D eigenvalue weighted by atomic mass is 79.9. The van der Waals surface area contributed by atoms with Crippen LogP contribution in [0.2, 0.25) is 0 Å². The zero-order valence-corrected chi connectivity index (χ0v) is 11.6. The van der Waals surface area contributed by atoms with E-state index in [1.165, 1.54) is 32.1 Å². The minimum absolute atomic E-state index is 0.398. The second-order valence-corrected chi connectivity index (χ2v) is 5.73. The summed E-state index contributed by atoms with van der Waals surface area (Å²) in [5.74, 6) is 0. The van der Waals surface area contributed by atoms with Crippen LogP contribution in [0, 0.1) is 0 Å². The van der Waals surface area contributed by atoms with E-state index in [1.54, 1.807) is 0 Å². The van der Waals surface area contributed by atoms with Gasteiger partial charge in [0.05, 0.1) is 6.10 Å². The van der Waals surface area contributed by atoms with Crippen molar-refractivity contribution in [3.8, 4) is 0 Å². The molecule has 1 unspecified atom stereocenters. The fourth-order valence-corrected chi connectivity index (χ4v) is 2.65. The highest BCUT2D eigenvalue weighted by molar-refractivity contribution is 9.10. The van der Waals surface area contributed by atoms with Crippen molar-refractivity contribution >= 4 is 15.9 Å². The first kappa shape index (κ1) is 13.1. The number of hydrogen-bond donors (Lipinski definition) is 2. The molecule has 1 aliphatic carbocycles. The molecule has 3 heteroatoms. The Kier molecular flexibility index (Phi) is 5.01. The Balaban J connectivity index is 1.80. The molecule has 0 saturated heterocycles. The molecule has 94 valence electrons. The van der Waals surface area contributed by atoms with Gasteiger partial charge in [0.2, 0.25) is 0 Å². The molecule has 0 amide bonds. The van der Waals surface area contributed by atoms with E-state index < -0.39 is 6.10 Å². The Bertz CT molecular complexity index is 333. The van der Waals surface area contributed by atoms with Gasteiger partial charge in [-0.05, 0) is 30.5 Å². The van der Waals surface area contributed by atoms with Gasteiger partial charge in [0.15, 0.2) is 0 Å². The van der Waals surface area contributed by atoms with Crippen molar-refractivity contribution in [2.24, 2.45) is 0 Å². The van der Waals surface area contributed by atoms with Crippen LogP contribution in [0.15, 0.2) is 28.7 Å². The first-order valence-corrected chi connectivity index (χ1v) is 7.22. The van der Waals surface area contributed by atoms with Crippen molar-refractivity contribution in [1.82, 2.24) is 5.32 Å². The summed E-state index contributed by atoms with van der Waals surface area (Å²) in [5.41, 5.74) is 0.983. The number of aliphatic hydroxyl groups is 1. The average Bonchev–Trinajstić information content (AvgIpc) is 2.38. The van der Waals surface area contributed by atoms with E-state index in [1.807, 2.05) is 24.3 Å². The molecule has 1 fully saturated rings. The Morgan fingerprint density at radius 2 is 1.82 bits per heavy atom. The zero-order valence-electron chi connectivity index (χ0n) is 10.0. The first-order chi connectivity index (χ1) is 8.25. The second-order valence-electron chi connectivity index (χ2n) is 4.81. The zero-order chi connectivity index (χ0) is 12.1. The van der Waals surface area contributed by atoms with Gasteiger partial charge in [-0.15, -0.1) is 0 Å². The Morgan fingerprint density at radius 3 is 2.47 bits per heavy atom. The summed E-state index contributed by atoms with van der Waals surface area (Å²) in [7, 11) is 0. The molecule has 0 aliphatic heterocycles. The summed E-state index contributed by atoms with van der Waals surface area (Å²) >= 11 is 3.40. The van der Waals surface area contributed by atoms with E-state index >= 15 is 0 Å². The molecule has 1 aromatic rings. The molecule has 0 radical (unpaired) electrons. The summed E-state index contributed by atoms with van der Waals surface area (Å²) in [4.78, 5) is 0. The van der Waals surface area contributed by atoms with Crippen LogP contribution in [0.1, 0.15) is 43.8 Å². The summed E-state index contributed by atoms with van der Waals surface area (Å²) in [5, 5.41) is 13.5. The quantitative estimate of drug-likeness (QED) is 0.893. The summed E-state index contributed by atoms with van der Waals surface area (Å²) < 4.78 is 1.05. The minimum Gasteiger partial charge on any atom is -0.387 e. The molecule has 2 rings (SSSR count). The fourth-order valence-electron chi connectivity index (χ4n) is 2.39. The van der Waals surface area contributed by atoms with E-state index in [4.69, 9.17) is 0 Å². The van der Waals surface area contributed by atoms with Gasteiger partial charge in [-0.2, -0.15) is 0 Å². The van der Waals surface area contributed by atoms with E-state index in [0.29, 0.717) is 12.6 Å². The van der Waals surface area contributed by atoms with Crippen molar-refractivity contribution in [3.05, 3.63) is 34.3 Å². The lowest BCUT2D eigenvalue weighted by Gasteiger charge is -2.24. The monoisotopic (exact) mass is 297 g/mol. The van der Waals surface area contributed by atoms with Gasteiger partial charge >= 0.3 is 0 Å². The van der Waals surface area contributed by atoms with Crippen LogP contribution in [0.5, 0.6) is 0 Å². The maximum absolute atomic E-state index is 10.1. The van der Waals surface area contributed by atoms with E-state index in [2.05, 4.69) is 21.2 Å². The van der Waals surface area contributed by atoms with Crippen LogP contribution >= 0.6 is 15.9 Å². The fraction of sp³-hybridized carbons (Fsp3) is 0.571. The molecule has 1 aromatic carbocycles. The maximum atomic E-state index is 10.1. The van der Waals surface area contributed by atoms with Crippen LogP contribution in [-0.2, 0) is 0 Å². The van der Waals surface area contributed by atoms with E-state index in [9.17, 15) is 5.11 Å². The molecule has 2 N–H and O–H groups in total. The maximum Gasteiger partial charge on any atom is 0.0914 e. The van der Waals surface area contributed by atoms with Crippen molar-refractivity contribution in [1.29, 1.82) is 0 Å². The molecular weight excluding hydrogens is 278 g/mol. The van der Waals surface area contributed by atoms with E-state index in [0.717, 1.165) is 10.0 Å². The van der Waals surface area contributed by atoms with Crippen LogP contribution in [0.3, 0.4) is 0 Å². The van der Waals surface area contributed by atoms with Crippen LogP contribution < -0.4 is 5.32 Å². The van der Waals surface area contributed by atoms with Crippen LogP contribution in [0.4, 0.5) is 0 Å². The third kappa shape index (κ3) is 4.09. The van der Waals surface area contributed by atoms with Gasteiger partial charge < -0.3 is 10.4 Å². The van der Waals surface area contributed by atoms with Gasteiger partial charge in [0.25, 0.3) is 0 Å². The smallest absolute Gasteiger partial charge is 0.0914 e. The molecule has 0 heterocycles. The summed E-state index contributed by atoms with van der Waals surface area (Å²) in [6.07, 6.45) is 6.14. The third-order valence-electron chi connectivity index (χ3n) is 3.46. The summed E-state index contributed by atoms with van der Waals surface area (Å²) in [6.45, 7) is 0.659. The molecule has 1 atom stereocenters. The Hall–Kier alpha value is -0.380. The molecule has 0 aromatic heterocycles. The average molecular weight is 298 g/mol. The second kappa shape index (κ2) is 6.53. The number of nitrogens with one attached hydrogen (secondary N) is 1. The van der Waals surface area contributed by atoms with Crippen molar-refractivity contribution in [3.63, 3.8) is 0 Å². The van der Waals surface area contributed by atoms with Crippen molar-refractivity contribution in [2.75, 3.05) is 6.54 Å². The Labute approximate surface area is 112 Å². The molecule has 1 aliphatic rings. The number of halogens is 1. The largest absolute Gasteiger partial charge is 0.387 e. The third-order valence-corrected chi connectivity index (χ3v) is 3.99.